The molecule has 6 heteroatoms. The highest BCUT2D eigenvalue weighted by Gasteiger charge is 2.21. The quantitative estimate of drug-likeness (QED) is 0.692. The van der Waals surface area contributed by atoms with Crippen molar-refractivity contribution < 1.29 is 9.13 Å². The van der Waals surface area contributed by atoms with Gasteiger partial charge in [0.1, 0.15) is 17.1 Å². The zero-order valence-corrected chi connectivity index (χ0v) is 15.8. The first-order chi connectivity index (χ1) is 12.4. The van der Waals surface area contributed by atoms with Gasteiger partial charge in [-0.05, 0) is 49.4 Å². The molecular weight excluding hydrogens is 333 g/mol. The summed E-state index contributed by atoms with van der Waals surface area (Å²) in [6, 6.07) is 6.27. The van der Waals surface area contributed by atoms with Crippen LogP contribution in [-0.2, 0) is 7.05 Å². The minimum Gasteiger partial charge on any atom is -0.496 e. The van der Waals surface area contributed by atoms with Crippen molar-refractivity contribution in [2.75, 3.05) is 7.11 Å². The fourth-order valence-electron chi connectivity index (χ4n) is 3.54. The molecule has 26 heavy (non-hydrogen) atoms. The van der Waals surface area contributed by atoms with Gasteiger partial charge in [0, 0.05) is 18.8 Å². The van der Waals surface area contributed by atoms with Crippen LogP contribution in [0.15, 0.2) is 29.1 Å². The van der Waals surface area contributed by atoms with Gasteiger partial charge < -0.3 is 4.74 Å². The molecule has 0 fully saturated rings. The summed E-state index contributed by atoms with van der Waals surface area (Å²) in [5.41, 5.74) is 3.02. The fraction of sp³-hybridized carbons (Fsp3) is 0.400. The Bertz CT molecular complexity index is 1020. The summed E-state index contributed by atoms with van der Waals surface area (Å²) in [5, 5.41) is 4.69. The Balaban J connectivity index is 2.34. The highest BCUT2D eigenvalue weighted by molar-refractivity contribution is 5.66. The third kappa shape index (κ3) is 2.79. The highest BCUT2D eigenvalue weighted by atomic mass is 19.1. The van der Waals surface area contributed by atoms with Gasteiger partial charge in [0.15, 0.2) is 5.82 Å². The van der Waals surface area contributed by atoms with Crippen molar-refractivity contribution in [3.05, 3.63) is 51.7 Å². The molecule has 0 saturated heterocycles. The number of aryl methyl sites for hydroxylation is 1. The normalized spacial score (nSPS) is 11.5. The molecule has 0 bridgehead atoms. The van der Waals surface area contributed by atoms with Crippen LogP contribution in [0.1, 0.15) is 43.9 Å². The first-order valence-electron chi connectivity index (χ1n) is 8.86. The van der Waals surface area contributed by atoms with E-state index in [4.69, 9.17) is 9.84 Å². The number of fused-ring (bicyclic) bond motifs is 1. The van der Waals surface area contributed by atoms with Gasteiger partial charge in [-0.15, -0.1) is 5.10 Å². The fourth-order valence-corrected chi connectivity index (χ4v) is 3.54. The van der Waals surface area contributed by atoms with E-state index in [0.717, 1.165) is 24.1 Å². The van der Waals surface area contributed by atoms with Gasteiger partial charge in [-0.2, -0.15) is 0 Å². The van der Waals surface area contributed by atoms with Crippen LogP contribution in [0.25, 0.3) is 16.9 Å². The second kappa shape index (κ2) is 6.94. The van der Waals surface area contributed by atoms with Crippen LogP contribution >= 0.6 is 0 Å². The number of halogens is 1. The number of benzene rings is 1. The average Bonchev–Trinajstić information content (AvgIpc) is 2.96. The molecule has 5 nitrogen and oxygen atoms in total. The highest BCUT2D eigenvalue weighted by Crippen LogP contribution is 2.31. The smallest absolute Gasteiger partial charge is 0.278 e. The van der Waals surface area contributed by atoms with Gasteiger partial charge in [0.2, 0.25) is 0 Å². The Kier molecular flexibility index (Phi) is 4.85. The monoisotopic (exact) mass is 357 g/mol. The third-order valence-corrected chi connectivity index (χ3v) is 5.03. The molecule has 0 aliphatic rings. The van der Waals surface area contributed by atoms with E-state index >= 15 is 0 Å². The molecule has 0 radical (unpaired) electrons. The largest absolute Gasteiger partial charge is 0.496 e. The van der Waals surface area contributed by atoms with E-state index in [-0.39, 0.29) is 5.56 Å². The molecule has 0 spiro atoms. The van der Waals surface area contributed by atoms with Crippen LogP contribution in [0.2, 0.25) is 0 Å². The minimum atomic E-state index is -0.398. The second-order valence-electron chi connectivity index (χ2n) is 6.55. The van der Waals surface area contributed by atoms with E-state index in [1.165, 1.54) is 23.8 Å². The Morgan fingerprint density at radius 1 is 1.23 bits per heavy atom. The molecule has 2 aromatic heterocycles. The summed E-state index contributed by atoms with van der Waals surface area (Å²) < 4.78 is 22.0. The summed E-state index contributed by atoms with van der Waals surface area (Å²) in [6.07, 6.45) is 1.93. The Labute approximate surface area is 152 Å². The maximum Gasteiger partial charge on any atom is 0.278 e. The van der Waals surface area contributed by atoms with Crippen molar-refractivity contribution in [2.45, 2.75) is 39.5 Å². The Morgan fingerprint density at radius 2 is 1.92 bits per heavy atom. The SMILES string of the molecule is CCC(CC)c1cc(C)n2nc(-c3ccc(F)cc3OC)n(C)c(=O)c12. The van der Waals surface area contributed by atoms with Crippen LogP contribution in [0.5, 0.6) is 5.75 Å². The maximum absolute atomic E-state index is 13.5. The average molecular weight is 357 g/mol. The molecule has 1 aromatic carbocycles. The lowest BCUT2D eigenvalue weighted by molar-refractivity contribution is 0.412. The van der Waals surface area contributed by atoms with E-state index in [1.54, 1.807) is 17.6 Å². The lowest BCUT2D eigenvalue weighted by Crippen LogP contribution is -2.24. The molecule has 0 amide bonds. The van der Waals surface area contributed by atoms with Crippen molar-refractivity contribution in [3.8, 4) is 17.1 Å². The van der Waals surface area contributed by atoms with E-state index in [1.807, 2.05) is 13.0 Å². The topological polar surface area (TPSA) is 48.5 Å². The molecule has 3 aromatic rings. The van der Waals surface area contributed by atoms with Gasteiger partial charge in [-0.1, -0.05) is 13.8 Å². The van der Waals surface area contributed by atoms with Crippen LogP contribution in [0.3, 0.4) is 0 Å². The summed E-state index contributed by atoms with van der Waals surface area (Å²) in [4.78, 5) is 13.1. The Hall–Kier alpha value is -2.63. The van der Waals surface area contributed by atoms with Crippen molar-refractivity contribution in [1.82, 2.24) is 14.2 Å². The number of nitrogens with zero attached hydrogens (tertiary/aromatic N) is 3. The molecule has 0 aliphatic carbocycles. The molecular formula is C20H24FN3O2. The van der Waals surface area contributed by atoms with Gasteiger partial charge in [0.05, 0.1) is 12.7 Å². The van der Waals surface area contributed by atoms with Gasteiger partial charge >= 0.3 is 0 Å². The van der Waals surface area contributed by atoms with Gasteiger partial charge in [-0.25, -0.2) is 8.91 Å². The molecule has 0 atom stereocenters. The lowest BCUT2D eigenvalue weighted by Gasteiger charge is -2.14. The zero-order chi connectivity index (χ0) is 19.0. The van der Waals surface area contributed by atoms with Crippen LogP contribution < -0.4 is 10.3 Å². The number of ether oxygens (including phenoxy) is 1. The summed E-state index contributed by atoms with van der Waals surface area (Å²) in [5.74, 6) is 0.704. The molecule has 0 aliphatic heterocycles. The second-order valence-corrected chi connectivity index (χ2v) is 6.55. The molecule has 2 heterocycles. The number of hydrogen-bond donors (Lipinski definition) is 0. The van der Waals surface area contributed by atoms with Crippen molar-refractivity contribution in [3.63, 3.8) is 0 Å². The minimum absolute atomic E-state index is 0.114. The van der Waals surface area contributed by atoms with Crippen molar-refractivity contribution in [2.24, 2.45) is 7.05 Å². The van der Waals surface area contributed by atoms with Crippen molar-refractivity contribution >= 4 is 5.52 Å². The van der Waals surface area contributed by atoms with Gasteiger partial charge in [-0.3, -0.25) is 9.36 Å². The van der Waals surface area contributed by atoms with Gasteiger partial charge in [0.25, 0.3) is 5.56 Å². The standard InChI is InChI=1S/C20H24FN3O2/c1-6-13(7-2)16-10-12(3)24-18(16)20(25)23(4)19(22-24)15-9-8-14(21)11-17(15)26-5/h8-11,13H,6-7H2,1-5H3. The number of hydrogen-bond acceptors (Lipinski definition) is 3. The number of methoxy groups -OCH3 is 1. The summed E-state index contributed by atoms with van der Waals surface area (Å²) in [7, 11) is 3.16. The first-order valence-corrected chi connectivity index (χ1v) is 8.86. The zero-order valence-electron chi connectivity index (χ0n) is 15.8. The van der Waals surface area contributed by atoms with E-state index in [0.29, 0.717) is 28.6 Å². The Morgan fingerprint density at radius 3 is 2.54 bits per heavy atom. The van der Waals surface area contributed by atoms with Crippen LogP contribution in [0.4, 0.5) is 4.39 Å². The van der Waals surface area contributed by atoms with Crippen molar-refractivity contribution in [1.29, 1.82) is 0 Å². The van der Waals surface area contributed by atoms with E-state index in [9.17, 15) is 9.18 Å². The molecule has 3 rings (SSSR count). The van der Waals surface area contributed by atoms with Crippen LogP contribution in [-0.4, -0.2) is 21.3 Å². The number of rotatable bonds is 5. The third-order valence-electron chi connectivity index (χ3n) is 5.03. The molecule has 0 unspecified atom stereocenters. The number of aromatic nitrogens is 3. The van der Waals surface area contributed by atoms with E-state index in [2.05, 4.69) is 13.8 Å². The first kappa shape index (κ1) is 18.2. The predicted molar refractivity (Wildman–Crippen MR) is 100 cm³/mol. The van der Waals surface area contributed by atoms with E-state index < -0.39 is 5.82 Å². The maximum atomic E-state index is 13.5. The summed E-state index contributed by atoms with van der Waals surface area (Å²) >= 11 is 0. The molecule has 138 valence electrons. The summed E-state index contributed by atoms with van der Waals surface area (Å²) in [6.45, 7) is 6.20. The lowest BCUT2D eigenvalue weighted by atomic mass is 9.95. The molecule has 0 saturated carbocycles. The molecule has 0 N–H and O–H groups in total. The van der Waals surface area contributed by atoms with Crippen LogP contribution in [0, 0.1) is 12.7 Å². The predicted octanol–water partition coefficient (Wildman–Crippen LogP) is 4.06.